The largest absolute Gasteiger partial charge is 0.355 e. The van der Waals surface area contributed by atoms with Crippen LogP contribution >= 0.6 is 0 Å². The van der Waals surface area contributed by atoms with E-state index >= 15 is 0 Å². The number of pyridine rings is 1. The molecule has 0 bridgehead atoms. The van der Waals surface area contributed by atoms with Crippen LogP contribution in [0.3, 0.4) is 0 Å². The van der Waals surface area contributed by atoms with Gasteiger partial charge in [-0.1, -0.05) is 0 Å². The zero-order chi connectivity index (χ0) is 12.5. The number of aromatic nitrogens is 1. The third-order valence-corrected chi connectivity index (χ3v) is 4.30. The fourth-order valence-corrected chi connectivity index (χ4v) is 3.38. The van der Waals surface area contributed by atoms with Crippen molar-refractivity contribution in [2.24, 2.45) is 17.6 Å². The van der Waals surface area contributed by atoms with E-state index < -0.39 is 0 Å². The third kappa shape index (κ3) is 1.95. The van der Waals surface area contributed by atoms with Crippen LogP contribution in [0.2, 0.25) is 0 Å². The molecule has 0 amide bonds. The highest BCUT2D eigenvalue weighted by atomic mass is 15.2. The highest BCUT2D eigenvalue weighted by Crippen LogP contribution is 2.37. The number of nitriles is 1. The maximum Gasteiger partial charge on any atom is 0.146 e. The van der Waals surface area contributed by atoms with E-state index in [9.17, 15) is 0 Å². The molecule has 2 N–H and O–H groups in total. The smallest absolute Gasteiger partial charge is 0.146 e. The Morgan fingerprint density at radius 3 is 3.00 bits per heavy atom. The number of rotatable bonds is 1. The monoisotopic (exact) mass is 242 g/mol. The first-order chi connectivity index (χ1) is 8.78. The fourth-order valence-electron chi connectivity index (χ4n) is 3.38. The molecule has 3 rings (SSSR count). The lowest BCUT2D eigenvalue weighted by atomic mass is 9.79. The highest BCUT2D eigenvalue weighted by Gasteiger charge is 2.37. The van der Waals surface area contributed by atoms with Gasteiger partial charge in [0.05, 0.1) is 5.56 Å². The van der Waals surface area contributed by atoms with Crippen LogP contribution in [0.25, 0.3) is 0 Å². The Labute approximate surface area is 107 Å². The average Bonchev–Trinajstić information content (AvgIpc) is 2.81. The summed E-state index contributed by atoms with van der Waals surface area (Å²) in [5, 5.41) is 9.14. The minimum Gasteiger partial charge on any atom is -0.355 e. The summed E-state index contributed by atoms with van der Waals surface area (Å²) in [7, 11) is 0. The maximum atomic E-state index is 9.14. The van der Waals surface area contributed by atoms with Crippen LogP contribution < -0.4 is 10.6 Å². The minimum absolute atomic E-state index is 0.366. The van der Waals surface area contributed by atoms with E-state index in [1.54, 1.807) is 6.20 Å². The molecule has 0 aromatic carbocycles. The molecule has 1 aliphatic carbocycles. The normalized spacial score (nSPS) is 30.9. The van der Waals surface area contributed by atoms with Crippen LogP contribution in [0.5, 0.6) is 0 Å². The summed E-state index contributed by atoms with van der Waals surface area (Å²) in [6.45, 7) is 2.03. The number of nitrogens with two attached hydrogens (primary N) is 1. The number of anilines is 1. The average molecular weight is 242 g/mol. The van der Waals surface area contributed by atoms with E-state index in [1.165, 1.54) is 6.42 Å². The van der Waals surface area contributed by atoms with Gasteiger partial charge in [0.25, 0.3) is 0 Å². The van der Waals surface area contributed by atoms with Crippen molar-refractivity contribution in [2.45, 2.75) is 25.3 Å². The summed E-state index contributed by atoms with van der Waals surface area (Å²) < 4.78 is 0. The van der Waals surface area contributed by atoms with Crippen LogP contribution in [-0.2, 0) is 0 Å². The molecule has 0 spiro atoms. The predicted octanol–water partition coefficient (Wildman–Crippen LogP) is 1.52. The van der Waals surface area contributed by atoms with Gasteiger partial charge in [-0.25, -0.2) is 4.98 Å². The summed E-state index contributed by atoms with van der Waals surface area (Å²) in [6.07, 6.45) is 5.25. The number of fused-ring (bicyclic) bond motifs is 1. The van der Waals surface area contributed by atoms with Crippen molar-refractivity contribution in [2.75, 3.05) is 18.0 Å². The highest BCUT2D eigenvalue weighted by molar-refractivity contribution is 5.54. The van der Waals surface area contributed by atoms with Gasteiger partial charge in [-0.2, -0.15) is 5.26 Å². The Bertz CT molecular complexity index is 479. The second kappa shape index (κ2) is 4.58. The SMILES string of the molecule is N#Cc1cccnc1N1C[C@H]2CC(N)CC[C@H]2C1. The molecule has 94 valence electrons. The molecule has 1 aromatic heterocycles. The molecule has 2 heterocycles. The molecule has 4 heteroatoms. The minimum atomic E-state index is 0.366. The van der Waals surface area contributed by atoms with Gasteiger partial charge in [-0.3, -0.25) is 0 Å². The first kappa shape index (κ1) is 11.5. The van der Waals surface area contributed by atoms with E-state index in [0.29, 0.717) is 17.5 Å². The topological polar surface area (TPSA) is 65.9 Å². The van der Waals surface area contributed by atoms with Crippen molar-refractivity contribution in [3.05, 3.63) is 23.9 Å². The molecule has 1 aliphatic heterocycles. The van der Waals surface area contributed by atoms with Gasteiger partial charge in [0, 0.05) is 25.3 Å². The lowest BCUT2D eigenvalue weighted by Gasteiger charge is -2.27. The van der Waals surface area contributed by atoms with Crippen molar-refractivity contribution in [1.82, 2.24) is 4.98 Å². The third-order valence-electron chi connectivity index (χ3n) is 4.30. The summed E-state index contributed by atoms with van der Waals surface area (Å²) >= 11 is 0. The molecule has 2 aliphatic rings. The summed E-state index contributed by atoms with van der Waals surface area (Å²) in [6, 6.07) is 6.26. The van der Waals surface area contributed by atoms with E-state index in [4.69, 9.17) is 11.0 Å². The lowest BCUT2D eigenvalue weighted by molar-refractivity contribution is 0.271. The Hall–Kier alpha value is -1.60. The standard InChI is InChI=1S/C14H18N4/c15-7-10-2-1-5-17-14(10)18-8-11-3-4-13(16)6-12(11)9-18/h1-2,5,11-13H,3-4,6,8-9,16H2/t11-,12+,13?/m0/s1. The van der Waals surface area contributed by atoms with E-state index in [0.717, 1.165) is 37.7 Å². The molecule has 0 radical (unpaired) electrons. The number of nitrogens with zero attached hydrogens (tertiary/aromatic N) is 3. The van der Waals surface area contributed by atoms with Crippen LogP contribution in [0.15, 0.2) is 18.3 Å². The Morgan fingerprint density at radius 1 is 1.33 bits per heavy atom. The molecular weight excluding hydrogens is 224 g/mol. The van der Waals surface area contributed by atoms with Gasteiger partial charge in [-0.15, -0.1) is 0 Å². The first-order valence-corrected chi connectivity index (χ1v) is 6.63. The van der Waals surface area contributed by atoms with E-state index in [2.05, 4.69) is 16.0 Å². The molecule has 1 aromatic rings. The Kier molecular flexibility index (Phi) is 2.92. The molecular formula is C14H18N4. The lowest BCUT2D eigenvalue weighted by Crippen LogP contribution is -2.32. The zero-order valence-electron chi connectivity index (χ0n) is 10.4. The Balaban J connectivity index is 1.81. The zero-order valence-corrected chi connectivity index (χ0v) is 10.4. The van der Waals surface area contributed by atoms with Crippen molar-refractivity contribution < 1.29 is 0 Å². The van der Waals surface area contributed by atoms with Gasteiger partial charge in [-0.05, 0) is 43.2 Å². The fraction of sp³-hybridized carbons (Fsp3) is 0.571. The summed E-state index contributed by atoms with van der Waals surface area (Å²) in [4.78, 5) is 6.65. The maximum absolute atomic E-state index is 9.14. The van der Waals surface area contributed by atoms with Crippen LogP contribution in [0.1, 0.15) is 24.8 Å². The molecule has 1 saturated carbocycles. The molecule has 3 atom stereocenters. The van der Waals surface area contributed by atoms with Crippen LogP contribution in [0.4, 0.5) is 5.82 Å². The van der Waals surface area contributed by atoms with Crippen LogP contribution in [0, 0.1) is 23.2 Å². The molecule has 4 nitrogen and oxygen atoms in total. The van der Waals surface area contributed by atoms with Gasteiger partial charge in [0.2, 0.25) is 0 Å². The number of hydrogen-bond acceptors (Lipinski definition) is 4. The Morgan fingerprint density at radius 2 is 2.17 bits per heavy atom. The first-order valence-electron chi connectivity index (χ1n) is 6.63. The molecule has 2 fully saturated rings. The predicted molar refractivity (Wildman–Crippen MR) is 70.0 cm³/mol. The second-order valence-corrected chi connectivity index (χ2v) is 5.48. The number of hydrogen-bond donors (Lipinski definition) is 1. The van der Waals surface area contributed by atoms with Gasteiger partial charge >= 0.3 is 0 Å². The van der Waals surface area contributed by atoms with Crippen molar-refractivity contribution in [3.8, 4) is 6.07 Å². The summed E-state index contributed by atoms with van der Waals surface area (Å²) in [5.74, 6) is 2.27. The quantitative estimate of drug-likeness (QED) is 0.810. The molecule has 18 heavy (non-hydrogen) atoms. The van der Waals surface area contributed by atoms with Crippen LogP contribution in [-0.4, -0.2) is 24.1 Å². The second-order valence-electron chi connectivity index (χ2n) is 5.48. The van der Waals surface area contributed by atoms with E-state index in [-0.39, 0.29) is 0 Å². The summed E-state index contributed by atoms with van der Waals surface area (Å²) in [5.41, 5.74) is 6.73. The molecule has 1 saturated heterocycles. The van der Waals surface area contributed by atoms with Gasteiger partial charge in [0.15, 0.2) is 0 Å². The van der Waals surface area contributed by atoms with E-state index in [1.807, 2.05) is 12.1 Å². The van der Waals surface area contributed by atoms with Gasteiger partial charge < -0.3 is 10.6 Å². The van der Waals surface area contributed by atoms with Crippen molar-refractivity contribution >= 4 is 5.82 Å². The van der Waals surface area contributed by atoms with Gasteiger partial charge in [0.1, 0.15) is 11.9 Å². The van der Waals surface area contributed by atoms with Crippen molar-refractivity contribution in [3.63, 3.8) is 0 Å². The molecule has 1 unspecified atom stereocenters. The van der Waals surface area contributed by atoms with Crippen molar-refractivity contribution in [1.29, 1.82) is 5.26 Å².